The van der Waals surface area contributed by atoms with Crippen molar-refractivity contribution in [2.24, 2.45) is 0 Å². The molecule has 1 saturated heterocycles. The molecule has 1 N–H and O–H groups in total. The molecule has 8 heteroatoms. The minimum absolute atomic E-state index is 0.0688. The molecule has 0 aromatic carbocycles. The van der Waals surface area contributed by atoms with E-state index < -0.39 is 0 Å². The van der Waals surface area contributed by atoms with Crippen molar-refractivity contribution in [2.75, 3.05) is 39.1 Å². The minimum atomic E-state index is -0.157. The van der Waals surface area contributed by atoms with E-state index in [4.69, 9.17) is 0 Å². The molecule has 1 fully saturated rings. The zero-order valence-corrected chi connectivity index (χ0v) is 17.0. The van der Waals surface area contributed by atoms with Crippen molar-refractivity contribution in [3.8, 4) is 0 Å². The van der Waals surface area contributed by atoms with Crippen LogP contribution in [0.4, 0.5) is 5.95 Å². The number of aromatic amines is 1. The Hall–Kier alpha value is -2.74. The number of carbonyl (C=O) groups excluding carboxylic acids is 1. The topological polar surface area (TPSA) is 85.4 Å². The number of hydrogen-bond donors (Lipinski definition) is 1. The molecule has 0 aliphatic carbocycles. The highest BCUT2D eigenvalue weighted by molar-refractivity contribution is 5.95. The van der Waals surface area contributed by atoms with Gasteiger partial charge in [0.05, 0.1) is 5.69 Å². The number of likely N-dealkylation sites (N-methyl/N-ethyl adjacent to an activating group) is 1. The Kier molecular flexibility index (Phi) is 6.08. The fourth-order valence-corrected chi connectivity index (χ4v) is 3.55. The normalized spacial score (nSPS) is 16.6. The second-order valence-corrected chi connectivity index (χ2v) is 7.45. The number of aryl methyl sites for hydroxylation is 1. The molecule has 8 nitrogen and oxygen atoms in total. The Labute approximate surface area is 165 Å². The van der Waals surface area contributed by atoms with Crippen LogP contribution in [0.25, 0.3) is 0 Å². The molecule has 28 heavy (non-hydrogen) atoms. The number of amides is 1. The molecular formula is C20H28N6O2. The van der Waals surface area contributed by atoms with Gasteiger partial charge in [0.2, 0.25) is 5.95 Å². The van der Waals surface area contributed by atoms with Crippen LogP contribution in [0.15, 0.2) is 29.3 Å². The number of likely N-dealkylation sites (tertiary alicyclic amines) is 1. The van der Waals surface area contributed by atoms with Crippen molar-refractivity contribution >= 4 is 11.9 Å². The smallest absolute Gasteiger partial charge is 0.254 e. The molecule has 1 aliphatic rings. The van der Waals surface area contributed by atoms with Crippen LogP contribution in [0.5, 0.6) is 0 Å². The maximum absolute atomic E-state index is 12.9. The third kappa shape index (κ3) is 4.39. The highest BCUT2D eigenvalue weighted by atomic mass is 16.2. The van der Waals surface area contributed by atoms with Gasteiger partial charge in [-0.2, -0.15) is 0 Å². The number of nitrogens with one attached hydrogen (secondary N) is 1. The first-order valence-corrected chi connectivity index (χ1v) is 9.59. The fourth-order valence-electron chi connectivity index (χ4n) is 3.55. The van der Waals surface area contributed by atoms with Crippen LogP contribution in [0.1, 0.15) is 35.0 Å². The van der Waals surface area contributed by atoms with E-state index in [-0.39, 0.29) is 17.5 Å². The van der Waals surface area contributed by atoms with Crippen molar-refractivity contribution in [3.05, 3.63) is 51.7 Å². The number of H-pyrrole nitrogens is 1. The molecule has 2 aromatic rings. The zero-order valence-electron chi connectivity index (χ0n) is 17.0. The first-order valence-electron chi connectivity index (χ1n) is 9.59. The van der Waals surface area contributed by atoms with E-state index >= 15 is 0 Å². The third-order valence-electron chi connectivity index (χ3n) is 5.21. The quantitative estimate of drug-likeness (QED) is 0.804. The van der Waals surface area contributed by atoms with Gasteiger partial charge < -0.3 is 9.80 Å². The summed E-state index contributed by atoms with van der Waals surface area (Å²) in [5, 5.41) is 0. The highest BCUT2D eigenvalue weighted by Crippen LogP contribution is 2.20. The van der Waals surface area contributed by atoms with Gasteiger partial charge in [-0.25, -0.2) is 4.98 Å². The molecule has 1 amide bonds. The fraction of sp³-hybridized carbons (Fsp3) is 0.500. The van der Waals surface area contributed by atoms with Crippen LogP contribution in [0, 0.1) is 0 Å². The molecule has 3 rings (SSSR count). The molecule has 1 atom stereocenters. The van der Waals surface area contributed by atoms with Crippen molar-refractivity contribution in [1.29, 1.82) is 0 Å². The van der Waals surface area contributed by atoms with Gasteiger partial charge in [0.25, 0.3) is 11.5 Å². The number of pyridine rings is 1. The van der Waals surface area contributed by atoms with Crippen LogP contribution in [-0.2, 0) is 13.0 Å². The molecule has 0 bridgehead atoms. The first kappa shape index (κ1) is 20.0. The molecule has 150 valence electrons. The molecule has 3 heterocycles. The number of hydrogen-bond acceptors (Lipinski definition) is 6. The van der Waals surface area contributed by atoms with Gasteiger partial charge in [-0.3, -0.25) is 24.5 Å². The van der Waals surface area contributed by atoms with Gasteiger partial charge in [0, 0.05) is 63.8 Å². The van der Waals surface area contributed by atoms with E-state index in [0.29, 0.717) is 19.0 Å². The van der Waals surface area contributed by atoms with Crippen molar-refractivity contribution in [3.63, 3.8) is 0 Å². The Balaban J connectivity index is 1.67. The van der Waals surface area contributed by atoms with Gasteiger partial charge in [0.15, 0.2) is 0 Å². The molecule has 1 unspecified atom stereocenters. The SMILES string of the molecule is CCc1cnccc1C(=O)N1CCC(N(C)Cc2cc(=O)[nH]c(N(C)C)n2)C1. The summed E-state index contributed by atoms with van der Waals surface area (Å²) in [6, 6.07) is 3.58. The Bertz CT molecular complexity index is 894. The van der Waals surface area contributed by atoms with E-state index in [1.54, 1.807) is 23.4 Å². The van der Waals surface area contributed by atoms with Gasteiger partial charge in [-0.05, 0) is 31.5 Å². The Morgan fingerprint density at radius 3 is 2.86 bits per heavy atom. The summed E-state index contributed by atoms with van der Waals surface area (Å²) in [5.41, 5.74) is 2.29. The van der Waals surface area contributed by atoms with Gasteiger partial charge >= 0.3 is 0 Å². The van der Waals surface area contributed by atoms with Crippen LogP contribution in [0.3, 0.4) is 0 Å². The lowest BCUT2D eigenvalue weighted by atomic mass is 10.1. The maximum atomic E-state index is 12.9. The van der Waals surface area contributed by atoms with Crippen LogP contribution in [0.2, 0.25) is 0 Å². The zero-order chi connectivity index (χ0) is 20.3. The molecule has 2 aromatic heterocycles. The summed E-state index contributed by atoms with van der Waals surface area (Å²) < 4.78 is 0. The Morgan fingerprint density at radius 1 is 1.36 bits per heavy atom. The summed E-state index contributed by atoms with van der Waals surface area (Å²) in [6.07, 6.45) is 5.13. The lowest BCUT2D eigenvalue weighted by Gasteiger charge is -2.25. The van der Waals surface area contributed by atoms with Crippen LogP contribution >= 0.6 is 0 Å². The Morgan fingerprint density at radius 2 is 2.14 bits per heavy atom. The summed E-state index contributed by atoms with van der Waals surface area (Å²) >= 11 is 0. The molecule has 0 radical (unpaired) electrons. The van der Waals surface area contributed by atoms with Crippen LogP contribution < -0.4 is 10.5 Å². The third-order valence-corrected chi connectivity index (χ3v) is 5.21. The van der Waals surface area contributed by atoms with Gasteiger partial charge in [-0.15, -0.1) is 0 Å². The average Bonchev–Trinajstić information content (AvgIpc) is 3.17. The first-order chi connectivity index (χ1) is 13.4. The number of aromatic nitrogens is 3. The predicted molar refractivity (Wildman–Crippen MR) is 109 cm³/mol. The summed E-state index contributed by atoms with van der Waals surface area (Å²) in [7, 11) is 5.70. The molecular weight excluding hydrogens is 356 g/mol. The van der Waals surface area contributed by atoms with Gasteiger partial charge in [0.1, 0.15) is 0 Å². The van der Waals surface area contributed by atoms with Gasteiger partial charge in [-0.1, -0.05) is 6.92 Å². The number of carbonyl (C=O) groups is 1. The maximum Gasteiger partial charge on any atom is 0.254 e. The van der Waals surface area contributed by atoms with E-state index in [0.717, 1.165) is 36.2 Å². The minimum Gasteiger partial charge on any atom is -0.348 e. The van der Waals surface area contributed by atoms with E-state index in [2.05, 4.69) is 19.9 Å². The number of rotatable bonds is 6. The van der Waals surface area contributed by atoms with E-state index in [1.807, 2.05) is 33.0 Å². The second kappa shape index (κ2) is 8.52. The average molecular weight is 384 g/mol. The van der Waals surface area contributed by atoms with E-state index in [9.17, 15) is 9.59 Å². The number of anilines is 1. The van der Waals surface area contributed by atoms with Crippen molar-refractivity contribution in [2.45, 2.75) is 32.4 Å². The monoisotopic (exact) mass is 384 g/mol. The molecule has 0 spiro atoms. The molecule has 1 aliphatic heterocycles. The predicted octanol–water partition coefficient (Wildman–Crippen LogP) is 1.14. The van der Waals surface area contributed by atoms with E-state index in [1.165, 1.54) is 6.07 Å². The lowest BCUT2D eigenvalue weighted by molar-refractivity contribution is 0.0778. The largest absolute Gasteiger partial charge is 0.348 e. The number of nitrogens with zero attached hydrogens (tertiary/aromatic N) is 5. The highest BCUT2D eigenvalue weighted by Gasteiger charge is 2.30. The second-order valence-electron chi connectivity index (χ2n) is 7.45. The summed E-state index contributed by atoms with van der Waals surface area (Å²) in [5.74, 6) is 0.614. The van der Waals surface area contributed by atoms with Crippen molar-refractivity contribution in [1.82, 2.24) is 24.8 Å². The van der Waals surface area contributed by atoms with Crippen LogP contribution in [-0.4, -0.2) is 70.9 Å². The standard InChI is InChI=1S/C20H28N6O2/c1-5-14-11-21-8-6-17(14)19(28)26-9-7-16(13-26)25(4)12-15-10-18(27)23-20(22-15)24(2)3/h6,8,10-11,16H,5,7,9,12-13H2,1-4H3,(H,22,23,27). The van der Waals surface area contributed by atoms with Crippen molar-refractivity contribution < 1.29 is 4.79 Å². The summed E-state index contributed by atoms with van der Waals surface area (Å²) in [4.78, 5) is 42.0. The summed E-state index contributed by atoms with van der Waals surface area (Å²) in [6.45, 7) is 3.99. The molecule has 0 saturated carbocycles. The lowest BCUT2D eigenvalue weighted by Crippen LogP contribution is -2.37.